The zero-order valence-electron chi connectivity index (χ0n) is 15.1. The van der Waals surface area contributed by atoms with Crippen LogP contribution in [0.15, 0.2) is 35.3 Å². The van der Waals surface area contributed by atoms with Crippen molar-refractivity contribution >= 4 is 27.5 Å². The molecule has 0 bridgehead atoms. The molecule has 0 saturated carbocycles. The summed E-state index contributed by atoms with van der Waals surface area (Å²) in [6.45, 7) is 0.971. The number of hydrogen-bond donors (Lipinski definition) is 0. The minimum absolute atomic E-state index is 0.355. The third-order valence-corrected chi connectivity index (χ3v) is 5.45. The number of fused-ring (bicyclic) bond motifs is 2. The number of carbonyl (C=O) groups is 1. The Morgan fingerprint density at radius 2 is 1.78 bits per heavy atom. The number of methoxy groups -OCH3 is 2. The van der Waals surface area contributed by atoms with Gasteiger partial charge in [-0.15, -0.1) is 0 Å². The van der Waals surface area contributed by atoms with Crippen molar-refractivity contribution in [2.45, 2.75) is 0 Å². The summed E-state index contributed by atoms with van der Waals surface area (Å²) < 4.78 is 24.6. The Morgan fingerprint density at radius 3 is 2.52 bits per heavy atom. The van der Waals surface area contributed by atoms with Crippen LogP contribution in [0.3, 0.4) is 0 Å². The van der Waals surface area contributed by atoms with Gasteiger partial charge in [0.15, 0.2) is 16.3 Å². The molecule has 1 amide bonds. The average molecular weight is 386 g/mol. The van der Waals surface area contributed by atoms with Crippen molar-refractivity contribution in [3.8, 4) is 23.0 Å². The highest BCUT2D eigenvalue weighted by Crippen LogP contribution is 2.35. The third kappa shape index (κ3) is 3.02. The fourth-order valence-corrected chi connectivity index (χ4v) is 4.08. The average Bonchev–Trinajstić information content (AvgIpc) is 3.03. The maximum atomic E-state index is 12.7. The van der Waals surface area contributed by atoms with Crippen LogP contribution in [0.25, 0.3) is 10.2 Å². The Labute approximate surface area is 159 Å². The molecule has 1 aliphatic heterocycles. The van der Waals surface area contributed by atoms with Crippen LogP contribution in [0.1, 0.15) is 10.4 Å². The number of thiazole rings is 1. The second-order valence-corrected chi connectivity index (χ2v) is 6.84. The highest BCUT2D eigenvalue weighted by atomic mass is 32.1. The molecule has 2 heterocycles. The van der Waals surface area contributed by atoms with Gasteiger partial charge in [-0.3, -0.25) is 4.79 Å². The first-order valence-corrected chi connectivity index (χ1v) is 9.13. The zero-order valence-corrected chi connectivity index (χ0v) is 16.0. The third-order valence-electron chi connectivity index (χ3n) is 4.30. The summed E-state index contributed by atoms with van der Waals surface area (Å²) in [5, 5.41) is 0. The molecule has 0 radical (unpaired) electrons. The summed E-state index contributed by atoms with van der Waals surface area (Å²) in [4.78, 5) is 17.6. The van der Waals surface area contributed by atoms with Gasteiger partial charge in [-0.05, 0) is 30.3 Å². The van der Waals surface area contributed by atoms with Gasteiger partial charge in [0, 0.05) is 12.6 Å². The molecule has 8 heteroatoms. The maximum absolute atomic E-state index is 12.7. The lowest BCUT2D eigenvalue weighted by Crippen LogP contribution is -2.16. The number of aromatic nitrogens is 1. The van der Waals surface area contributed by atoms with Crippen molar-refractivity contribution in [3.05, 3.63) is 40.7 Å². The smallest absolute Gasteiger partial charge is 0.279 e. The predicted octanol–water partition coefficient (Wildman–Crippen LogP) is 2.77. The molecule has 0 spiro atoms. The van der Waals surface area contributed by atoms with Gasteiger partial charge in [0.2, 0.25) is 0 Å². The van der Waals surface area contributed by atoms with Gasteiger partial charge in [0.25, 0.3) is 5.91 Å². The van der Waals surface area contributed by atoms with Crippen molar-refractivity contribution in [1.82, 2.24) is 4.57 Å². The number of nitrogens with zero attached hydrogens (tertiary/aromatic N) is 2. The van der Waals surface area contributed by atoms with Gasteiger partial charge < -0.3 is 23.5 Å². The van der Waals surface area contributed by atoms with Crippen LogP contribution < -0.4 is 23.7 Å². The van der Waals surface area contributed by atoms with Gasteiger partial charge in [-0.25, -0.2) is 0 Å². The predicted molar refractivity (Wildman–Crippen MR) is 101 cm³/mol. The van der Waals surface area contributed by atoms with Crippen LogP contribution >= 0.6 is 11.3 Å². The number of carbonyl (C=O) groups excluding carboxylic acids is 1. The van der Waals surface area contributed by atoms with E-state index in [-0.39, 0.29) is 5.91 Å². The lowest BCUT2D eigenvalue weighted by molar-refractivity contribution is 0.0996. The SMILES string of the molecule is COc1ccc(OC)c2c1sc(=NC(=O)c1ccc3c(c1)OCCO3)n2C. The minimum Gasteiger partial charge on any atom is -0.495 e. The molecule has 1 aliphatic rings. The number of rotatable bonds is 3. The number of ether oxygens (including phenoxy) is 4. The fourth-order valence-electron chi connectivity index (χ4n) is 2.96. The van der Waals surface area contributed by atoms with Crippen LogP contribution in [-0.2, 0) is 7.05 Å². The van der Waals surface area contributed by atoms with Crippen molar-refractivity contribution < 1.29 is 23.7 Å². The molecule has 0 atom stereocenters. The molecule has 140 valence electrons. The molecule has 1 aromatic heterocycles. The van der Waals surface area contributed by atoms with E-state index in [1.165, 1.54) is 11.3 Å². The molecule has 0 aliphatic carbocycles. The maximum Gasteiger partial charge on any atom is 0.279 e. The van der Waals surface area contributed by atoms with E-state index < -0.39 is 0 Å². The van der Waals surface area contributed by atoms with Crippen LogP contribution in [-0.4, -0.2) is 37.9 Å². The van der Waals surface area contributed by atoms with Crippen molar-refractivity contribution in [2.75, 3.05) is 27.4 Å². The van der Waals surface area contributed by atoms with E-state index in [9.17, 15) is 4.79 Å². The van der Waals surface area contributed by atoms with Gasteiger partial charge in [-0.1, -0.05) is 11.3 Å². The number of amides is 1. The molecular formula is C19H18N2O5S. The Balaban J connectivity index is 1.81. The van der Waals surface area contributed by atoms with Gasteiger partial charge in [-0.2, -0.15) is 4.99 Å². The van der Waals surface area contributed by atoms with Crippen LogP contribution in [0, 0.1) is 0 Å². The van der Waals surface area contributed by atoms with Crippen molar-refractivity contribution in [1.29, 1.82) is 0 Å². The molecule has 3 aromatic rings. The Hall–Kier alpha value is -3.00. The second-order valence-electron chi connectivity index (χ2n) is 5.87. The molecule has 27 heavy (non-hydrogen) atoms. The largest absolute Gasteiger partial charge is 0.495 e. The standard InChI is InChI=1S/C19H18N2O5S/c1-21-16-13(23-2)6-7-14(24-3)17(16)27-19(21)20-18(22)11-4-5-12-15(10-11)26-9-8-25-12/h4-7,10H,8-9H2,1-3H3. The van der Waals surface area contributed by atoms with Crippen LogP contribution in [0.5, 0.6) is 23.0 Å². The molecule has 7 nitrogen and oxygen atoms in total. The van der Waals surface area contributed by atoms with Gasteiger partial charge in [0.05, 0.1) is 14.2 Å². The minimum atomic E-state index is -0.355. The van der Waals surface area contributed by atoms with Crippen LogP contribution in [0.4, 0.5) is 0 Å². The summed E-state index contributed by atoms with van der Waals surface area (Å²) in [6, 6.07) is 8.75. The molecule has 4 rings (SSSR count). The zero-order chi connectivity index (χ0) is 19.0. The van der Waals surface area contributed by atoms with E-state index in [1.807, 2.05) is 23.7 Å². The molecular weight excluding hydrogens is 368 g/mol. The number of benzene rings is 2. The van der Waals surface area contributed by atoms with E-state index in [1.54, 1.807) is 32.4 Å². The first-order valence-electron chi connectivity index (χ1n) is 8.31. The summed E-state index contributed by atoms with van der Waals surface area (Å²) in [5.74, 6) is 2.25. The summed E-state index contributed by atoms with van der Waals surface area (Å²) in [5.41, 5.74) is 1.27. The molecule has 0 N–H and O–H groups in total. The monoisotopic (exact) mass is 386 g/mol. The Bertz CT molecular complexity index is 1100. The first-order chi connectivity index (χ1) is 13.1. The summed E-state index contributed by atoms with van der Waals surface area (Å²) >= 11 is 1.37. The lowest BCUT2D eigenvalue weighted by atomic mass is 10.2. The van der Waals surface area contributed by atoms with E-state index >= 15 is 0 Å². The lowest BCUT2D eigenvalue weighted by Gasteiger charge is -2.18. The van der Waals surface area contributed by atoms with E-state index in [0.717, 1.165) is 10.2 Å². The number of hydrogen-bond acceptors (Lipinski definition) is 6. The molecule has 0 fully saturated rings. The normalized spacial score (nSPS) is 13.7. The summed E-state index contributed by atoms with van der Waals surface area (Å²) in [6.07, 6.45) is 0. The van der Waals surface area contributed by atoms with Crippen LogP contribution in [0.2, 0.25) is 0 Å². The fraction of sp³-hybridized carbons (Fsp3) is 0.263. The molecule has 0 saturated heterocycles. The van der Waals surface area contributed by atoms with Gasteiger partial charge >= 0.3 is 0 Å². The van der Waals surface area contributed by atoms with Crippen molar-refractivity contribution in [3.63, 3.8) is 0 Å². The Morgan fingerprint density at radius 1 is 1.07 bits per heavy atom. The summed E-state index contributed by atoms with van der Waals surface area (Å²) in [7, 11) is 5.06. The molecule has 0 unspecified atom stereocenters. The topological polar surface area (TPSA) is 71.3 Å². The van der Waals surface area contributed by atoms with Gasteiger partial charge in [0.1, 0.15) is 34.9 Å². The highest BCUT2D eigenvalue weighted by molar-refractivity contribution is 7.16. The quantitative estimate of drug-likeness (QED) is 0.692. The number of aryl methyl sites for hydroxylation is 1. The highest BCUT2D eigenvalue weighted by Gasteiger charge is 2.17. The van der Waals surface area contributed by atoms with E-state index in [0.29, 0.717) is 46.6 Å². The van der Waals surface area contributed by atoms with E-state index in [2.05, 4.69) is 4.99 Å². The second kappa shape index (κ2) is 6.96. The van der Waals surface area contributed by atoms with Crippen molar-refractivity contribution in [2.24, 2.45) is 12.0 Å². The van der Waals surface area contributed by atoms with E-state index in [4.69, 9.17) is 18.9 Å². The Kier molecular flexibility index (Phi) is 4.49. The first kappa shape index (κ1) is 17.4. The molecule has 2 aromatic carbocycles.